The van der Waals surface area contributed by atoms with Crippen LogP contribution < -0.4 is 5.32 Å². The van der Waals surface area contributed by atoms with E-state index in [1.165, 1.54) is 60.1 Å². The van der Waals surface area contributed by atoms with Gasteiger partial charge in [-0.25, -0.2) is 0 Å². The molecule has 0 bridgehead atoms. The smallest absolute Gasteiger partial charge is 0.158 e. The predicted octanol–water partition coefficient (Wildman–Crippen LogP) is 11.7. The molecule has 0 saturated carbocycles. The molecule has 0 saturated heterocycles. The molecule has 0 fully saturated rings. The van der Waals surface area contributed by atoms with Crippen molar-refractivity contribution in [3.05, 3.63) is 138 Å². The molecule has 0 amide bonds. The molecule has 1 aromatic heterocycles. The Morgan fingerprint density at radius 3 is 2.05 bits per heavy atom. The molecule has 8 aromatic rings. The second kappa shape index (κ2) is 9.47. The Bertz CT molecular complexity index is 2350. The van der Waals surface area contributed by atoms with E-state index in [4.69, 9.17) is 4.42 Å². The van der Waals surface area contributed by atoms with Crippen molar-refractivity contribution in [2.24, 2.45) is 0 Å². The van der Waals surface area contributed by atoms with E-state index >= 15 is 0 Å². The molecule has 0 atom stereocenters. The summed E-state index contributed by atoms with van der Waals surface area (Å²) in [5.41, 5.74) is 8.97. The Morgan fingerprint density at radius 1 is 0.558 bits per heavy atom. The minimum Gasteiger partial charge on any atom is -0.454 e. The van der Waals surface area contributed by atoms with Crippen LogP contribution in [-0.4, -0.2) is 0 Å². The van der Waals surface area contributed by atoms with Crippen LogP contribution in [0.25, 0.3) is 65.4 Å². The summed E-state index contributed by atoms with van der Waals surface area (Å²) in [5, 5.41) is 13.8. The third-order valence-corrected chi connectivity index (χ3v) is 9.16. The molecule has 208 valence electrons. The van der Waals surface area contributed by atoms with Crippen molar-refractivity contribution in [2.75, 3.05) is 5.32 Å². The highest BCUT2D eigenvalue weighted by Gasteiger charge is 2.23. The van der Waals surface area contributed by atoms with Crippen LogP contribution in [0.5, 0.6) is 0 Å². The Hall–Kier alpha value is -5.08. The summed E-state index contributed by atoms with van der Waals surface area (Å²) >= 11 is 0. The lowest BCUT2D eigenvalue weighted by Crippen LogP contribution is -2.27. The molecule has 1 heterocycles. The van der Waals surface area contributed by atoms with Crippen molar-refractivity contribution < 1.29 is 4.42 Å². The predicted molar refractivity (Wildman–Crippen MR) is 184 cm³/mol. The van der Waals surface area contributed by atoms with Gasteiger partial charge in [0.1, 0.15) is 5.58 Å². The van der Waals surface area contributed by atoms with Gasteiger partial charge in [-0.2, -0.15) is 0 Å². The van der Waals surface area contributed by atoms with Gasteiger partial charge in [0.15, 0.2) is 5.58 Å². The highest BCUT2D eigenvalue weighted by atomic mass is 16.3. The van der Waals surface area contributed by atoms with Gasteiger partial charge in [-0.15, -0.1) is 0 Å². The van der Waals surface area contributed by atoms with Crippen LogP contribution in [0.2, 0.25) is 0 Å². The van der Waals surface area contributed by atoms with Crippen LogP contribution >= 0.6 is 0 Å². The number of fused-ring (bicyclic) bond motifs is 8. The minimum atomic E-state index is -0.329. The number of furan rings is 1. The van der Waals surface area contributed by atoms with E-state index in [1.54, 1.807) is 0 Å². The first-order valence-electron chi connectivity index (χ1n) is 15.0. The molecule has 0 spiro atoms. The maximum absolute atomic E-state index is 6.32. The molecular formula is C41H33NO. The van der Waals surface area contributed by atoms with E-state index in [-0.39, 0.29) is 5.54 Å². The summed E-state index contributed by atoms with van der Waals surface area (Å²) < 4.78 is 6.32. The molecule has 2 heteroatoms. The standard InChI is InChI=1S/C41H33NO/c1-25-11-9-12-26(2)38(25)35-24-28-20-19-27-23-29(21-22-30(27)39(28)33-15-6-5-13-31(33)35)41(3,4)42-36-17-10-16-34-32-14-7-8-18-37(32)43-40(34)36/h5-24,42H,1-4H3. The number of para-hydroxylation sites is 2. The summed E-state index contributed by atoms with van der Waals surface area (Å²) in [6.45, 7) is 8.91. The molecule has 0 unspecified atom stereocenters. The maximum atomic E-state index is 6.32. The lowest BCUT2D eigenvalue weighted by atomic mass is 9.86. The van der Waals surface area contributed by atoms with E-state index < -0.39 is 0 Å². The number of aryl methyl sites for hydroxylation is 2. The summed E-state index contributed by atoms with van der Waals surface area (Å²) in [4.78, 5) is 0. The molecule has 1 N–H and O–H groups in total. The van der Waals surface area contributed by atoms with E-state index in [2.05, 4.69) is 142 Å². The number of benzene rings is 7. The Morgan fingerprint density at radius 2 is 1.23 bits per heavy atom. The van der Waals surface area contributed by atoms with Gasteiger partial charge < -0.3 is 9.73 Å². The number of anilines is 1. The van der Waals surface area contributed by atoms with Gasteiger partial charge in [-0.05, 0) is 112 Å². The highest BCUT2D eigenvalue weighted by Crippen LogP contribution is 2.42. The van der Waals surface area contributed by atoms with Crippen LogP contribution in [0, 0.1) is 13.8 Å². The van der Waals surface area contributed by atoms with Gasteiger partial charge in [-0.1, -0.05) is 97.1 Å². The van der Waals surface area contributed by atoms with Crippen LogP contribution in [0.1, 0.15) is 30.5 Å². The normalized spacial score (nSPS) is 12.2. The van der Waals surface area contributed by atoms with E-state index in [1.807, 2.05) is 12.1 Å². The first kappa shape index (κ1) is 25.6. The van der Waals surface area contributed by atoms with Crippen molar-refractivity contribution in [1.82, 2.24) is 0 Å². The van der Waals surface area contributed by atoms with Crippen molar-refractivity contribution >= 4 is 59.9 Å². The van der Waals surface area contributed by atoms with Crippen LogP contribution in [-0.2, 0) is 5.54 Å². The molecular weight excluding hydrogens is 522 g/mol. The summed E-state index contributed by atoms with van der Waals surface area (Å²) in [6, 6.07) is 43.9. The SMILES string of the molecule is Cc1cccc(C)c1-c1cc2ccc3cc(C(C)(C)Nc4cccc5c4oc4ccccc45)ccc3c2c2ccccc12. The van der Waals surface area contributed by atoms with Gasteiger partial charge in [0.25, 0.3) is 0 Å². The van der Waals surface area contributed by atoms with E-state index in [0.29, 0.717) is 0 Å². The molecule has 8 rings (SSSR count). The second-order valence-corrected chi connectivity index (χ2v) is 12.4. The first-order valence-corrected chi connectivity index (χ1v) is 15.0. The number of nitrogens with one attached hydrogen (secondary N) is 1. The second-order valence-electron chi connectivity index (χ2n) is 12.4. The third kappa shape index (κ3) is 4.01. The van der Waals surface area contributed by atoms with E-state index in [9.17, 15) is 0 Å². The van der Waals surface area contributed by atoms with Gasteiger partial charge in [0.05, 0.1) is 11.2 Å². The van der Waals surface area contributed by atoms with Crippen LogP contribution in [0.15, 0.2) is 126 Å². The summed E-state index contributed by atoms with van der Waals surface area (Å²) in [7, 11) is 0. The van der Waals surface area contributed by atoms with Crippen molar-refractivity contribution in [3.8, 4) is 11.1 Å². The zero-order chi connectivity index (χ0) is 29.3. The minimum absolute atomic E-state index is 0.329. The monoisotopic (exact) mass is 555 g/mol. The van der Waals surface area contributed by atoms with Crippen molar-refractivity contribution in [3.63, 3.8) is 0 Å². The molecule has 0 aliphatic heterocycles. The topological polar surface area (TPSA) is 25.2 Å². The van der Waals surface area contributed by atoms with Gasteiger partial charge in [-0.3, -0.25) is 0 Å². The fourth-order valence-corrected chi connectivity index (χ4v) is 7.03. The molecule has 0 aliphatic carbocycles. The Labute approximate surface area is 251 Å². The fraction of sp³-hybridized carbons (Fsp3) is 0.122. The number of hydrogen-bond acceptors (Lipinski definition) is 2. The fourth-order valence-electron chi connectivity index (χ4n) is 7.03. The quantitative estimate of drug-likeness (QED) is 0.219. The summed E-state index contributed by atoms with van der Waals surface area (Å²) in [5.74, 6) is 0. The summed E-state index contributed by atoms with van der Waals surface area (Å²) in [6.07, 6.45) is 0. The molecule has 7 aromatic carbocycles. The Balaban J connectivity index is 1.26. The maximum Gasteiger partial charge on any atom is 0.158 e. The molecule has 0 radical (unpaired) electrons. The van der Waals surface area contributed by atoms with Gasteiger partial charge >= 0.3 is 0 Å². The molecule has 2 nitrogen and oxygen atoms in total. The lowest BCUT2D eigenvalue weighted by molar-refractivity contribution is 0.605. The highest BCUT2D eigenvalue weighted by molar-refractivity contribution is 6.23. The largest absolute Gasteiger partial charge is 0.454 e. The molecule has 43 heavy (non-hydrogen) atoms. The van der Waals surface area contributed by atoms with Gasteiger partial charge in [0.2, 0.25) is 0 Å². The average Bonchev–Trinajstić information content (AvgIpc) is 3.40. The van der Waals surface area contributed by atoms with Crippen molar-refractivity contribution in [1.29, 1.82) is 0 Å². The zero-order valence-corrected chi connectivity index (χ0v) is 25.0. The number of rotatable bonds is 4. The van der Waals surface area contributed by atoms with Crippen LogP contribution in [0.4, 0.5) is 5.69 Å². The van der Waals surface area contributed by atoms with Crippen LogP contribution in [0.3, 0.4) is 0 Å². The lowest BCUT2D eigenvalue weighted by Gasteiger charge is -2.29. The van der Waals surface area contributed by atoms with Crippen molar-refractivity contribution in [2.45, 2.75) is 33.2 Å². The number of hydrogen-bond donors (Lipinski definition) is 1. The zero-order valence-electron chi connectivity index (χ0n) is 25.0. The van der Waals surface area contributed by atoms with E-state index in [0.717, 1.165) is 27.6 Å². The average molecular weight is 556 g/mol. The Kier molecular flexibility index (Phi) is 5.64. The third-order valence-electron chi connectivity index (χ3n) is 9.16. The first-order chi connectivity index (χ1) is 20.9. The molecule has 0 aliphatic rings. The van der Waals surface area contributed by atoms with Gasteiger partial charge in [0, 0.05) is 10.8 Å².